The highest BCUT2D eigenvalue weighted by Gasteiger charge is 2.37. The van der Waals surface area contributed by atoms with E-state index < -0.39 is 34.5 Å². The zero-order valence-electron chi connectivity index (χ0n) is 20.4. The van der Waals surface area contributed by atoms with Crippen molar-refractivity contribution < 1.29 is 27.5 Å². The van der Waals surface area contributed by atoms with E-state index in [1.54, 1.807) is 36.4 Å². The van der Waals surface area contributed by atoms with Crippen molar-refractivity contribution in [3.63, 3.8) is 0 Å². The van der Waals surface area contributed by atoms with Gasteiger partial charge in [-0.05, 0) is 43.2 Å². The number of carbonyl (C=O) groups is 3. The lowest BCUT2D eigenvalue weighted by Crippen LogP contribution is -2.43. The van der Waals surface area contributed by atoms with E-state index in [4.69, 9.17) is 4.74 Å². The maximum Gasteiger partial charge on any atom is 0.312 e. The van der Waals surface area contributed by atoms with Crippen molar-refractivity contribution in [1.82, 2.24) is 4.31 Å². The number of ether oxygens (including phenoxy) is 1. The summed E-state index contributed by atoms with van der Waals surface area (Å²) in [4.78, 5) is 38.3. The van der Waals surface area contributed by atoms with Gasteiger partial charge in [-0.1, -0.05) is 18.2 Å². The normalized spacial score (nSPS) is 17.2. The molecular formula is C26H23N5O6S. The fourth-order valence-corrected chi connectivity index (χ4v) is 5.97. The van der Waals surface area contributed by atoms with E-state index in [1.165, 1.54) is 40.4 Å². The third-order valence-corrected chi connectivity index (χ3v) is 8.14. The number of hydrogen-bond donors (Lipinski definition) is 1. The van der Waals surface area contributed by atoms with Gasteiger partial charge in [0.05, 0.1) is 22.1 Å². The number of hydrogen-bond acceptors (Lipinski definition) is 8. The topological polar surface area (TPSA) is 161 Å². The van der Waals surface area contributed by atoms with Gasteiger partial charge < -0.3 is 10.1 Å². The van der Waals surface area contributed by atoms with Crippen LogP contribution in [0.4, 0.5) is 11.4 Å². The summed E-state index contributed by atoms with van der Waals surface area (Å²) >= 11 is 0. The van der Waals surface area contributed by atoms with Gasteiger partial charge >= 0.3 is 5.97 Å². The monoisotopic (exact) mass is 533 g/mol. The number of allylic oxidation sites excluding steroid dienone is 1. The number of anilines is 2. The second-order valence-corrected chi connectivity index (χ2v) is 10.7. The second-order valence-electron chi connectivity index (χ2n) is 8.72. The Kier molecular flexibility index (Phi) is 7.57. The van der Waals surface area contributed by atoms with Crippen LogP contribution in [0, 0.1) is 28.6 Å². The van der Waals surface area contributed by atoms with E-state index in [0.717, 1.165) is 0 Å². The van der Waals surface area contributed by atoms with Crippen LogP contribution >= 0.6 is 0 Å². The number of benzene rings is 2. The lowest BCUT2D eigenvalue weighted by Gasteiger charge is -2.31. The summed E-state index contributed by atoms with van der Waals surface area (Å²) in [7, 11) is -3.89. The van der Waals surface area contributed by atoms with Crippen LogP contribution in [0.1, 0.15) is 25.3 Å². The first-order chi connectivity index (χ1) is 18.2. The first-order valence-electron chi connectivity index (χ1n) is 11.7. The van der Waals surface area contributed by atoms with Crippen molar-refractivity contribution >= 4 is 44.8 Å². The van der Waals surface area contributed by atoms with E-state index in [-0.39, 0.29) is 35.0 Å². The number of fused-ring (bicyclic) bond motifs is 1. The van der Waals surface area contributed by atoms with Crippen LogP contribution in [-0.4, -0.2) is 50.3 Å². The summed E-state index contributed by atoms with van der Waals surface area (Å²) < 4.78 is 33.0. The molecule has 2 aliphatic rings. The molecule has 1 saturated heterocycles. The Morgan fingerprint density at radius 3 is 2.45 bits per heavy atom. The average molecular weight is 534 g/mol. The number of sulfonamides is 1. The molecule has 2 amide bonds. The molecule has 2 aliphatic heterocycles. The highest BCUT2D eigenvalue weighted by atomic mass is 32.2. The lowest BCUT2D eigenvalue weighted by atomic mass is 10.0. The standard InChI is InChI=1S/C26H23N5O6S/c1-17(32)29-20-8-10-21(11-9-20)38(35,36)30-12-4-5-18(15-30)26(34)37-16-31-23-7-3-2-6-22(23)24(25(31)33)19(13-27)14-28/h2-3,6-11,18H,4-5,12,15-16H2,1H3,(H,29,32). The number of piperidine rings is 1. The molecule has 194 valence electrons. The van der Waals surface area contributed by atoms with Gasteiger partial charge in [-0.2, -0.15) is 14.8 Å². The first kappa shape index (κ1) is 26.5. The predicted molar refractivity (Wildman–Crippen MR) is 135 cm³/mol. The summed E-state index contributed by atoms with van der Waals surface area (Å²) in [6.45, 7) is 1.05. The van der Waals surface area contributed by atoms with Crippen molar-refractivity contribution in [1.29, 1.82) is 10.5 Å². The molecule has 0 aromatic heterocycles. The molecule has 0 aliphatic carbocycles. The Morgan fingerprint density at radius 1 is 1.11 bits per heavy atom. The summed E-state index contributed by atoms with van der Waals surface area (Å²) in [5.41, 5.74) is 0.866. The highest BCUT2D eigenvalue weighted by molar-refractivity contribution is 7.89. The lowest BCUT2D eigenvalue weighted by molar-refractivity contribution is -0.149. The molecule has 0 spiro atoms. The second kappa shape index (κ2) is 10.8. The van der Waals surface area contributed by atoms with Crippen LogP contribution in [0.5, 0.6) is 0 Å². The molecule has 0 bridgehead atoms. The molecular weight excluding hydrogens is 510 g/mol. The molecule has 2 heterocycles. The number of nitrogens with zero attached hydrogens (tertiary/aromatic N) is 4. The number of esters is 1. The largest absolute Gasteiger partial charge is 0.444 e. The molecule has 1 N–H and O–H groups in total. The molecule has 2 aromatic rings. The van der Waals surface area contributed by atoms with Crippen molar-refractivity contribution in [3.05, 3.63) is 59.7 Å². The molecule has 11 nitrogen and oxygen atoms in total. The minimum atomic E-state index is -3.89. The van der Waals surface area contributed by atoms with Crippen LogP contribution < -0.4 is 10.2 Å². The maximum absolute atomic E-state index is 13.2. The Morgan fingerprint density at radius 2 is 1.79 bits per heavy atom. The van der Waals surface area contributed by atoms with Gasteiger partial charge in [0.25, 0.3) is 5.91 Å². The van der Waals surface area contributed by atoms with E-state index in [1.807, 2.05) is 0 Å². The molecule has 1 unspecified atom stereocenters. The summed E-state index contributed by atoms with van der Waals surface area (Å²) in [6, 6.07) is 15.8. The van der Waals surface area contributed by atoms with E-state index in [2.05, 4.69) is 5.32 Å². The Labute approximate surface area is 219 Å². The van der Waals surface area contributed by atoms with E-state index in [0.29, 0.717) is 29.8 Å². The van der Waals surface area contributed by atoms with Gasteiger partial charge in [0, 0.05) is 31.3 Å². The van der Waals surface area contributed by atoms with Crippen LogP contribution in [0.2, 0.25) is 0 Å². The van der Waals surface area contributed by atoms with Crippen LogP contribution in [0.15, 0.2) is 59.0 Å². The molecule has 12 heteroatoms. The van der Waals surface area contributed by atoms with E-state index in [9.17, 15) is 33.3 Å². The molecule has 0 saturated carbocycles. The number of nitriles is 2. The Balaban J connectivity index is 1.45. The molecule has 0 radical (unpaired) electrons. The van der Waals surface area contributed by atoms with Crippen LogP contribution in [0.3, 0.4) is 0 Å². The third kappa shape index (κ3) is 5.13. The Bertz CT molecular complexity index is 1500. The molecule has 2 aromatic carbocycles. The summed E-state index contributed by atoms with van der Waals surface area (Å²) in [5, 5.41) is 21.1. The minimum absolute atomic E-state index is 0.0324. The average Bonchev–Trinajstić information content (AvgIpc) is 3.19. The van der Waals surface area contributed by atoms with Crippen molar-refractivity contribution in [2.24, 2.45) is 5.92 Å². The smallest absolute Gasteiger partial charge is 0.312 e. The molecule has 1 fully saturated rings. The number of amides is 2. The quantitative estimate of drug-likeness (QED) is 0.336. The van der Waals surface area contributed by atoms with Crippen molar-refractivity contribution in [3.8, 4) is 12.1 Å². The fourth-order valence-electron chi connectivity index (χ4n) is 4.45. The predicted octanol–water partition coefficient (Wildman–Crippen LogP) is 2.39. The zero-order valence-corrected chi connectivity index (χ0v) is 21.2. The molecule has 1 atom stereocenters. The van der Waals surface area contributed by atoms with Gasteiger partial charge in [-0.15, -0.1) is 0 Å². The number of para-hydroxylation sites is 1. The van der Waals surface area contributed by atoms with Crippen LogP contribution in [-0.2, 0) is 29.1 Å². The zero-order chi connectivity index (χ0) is 27.4. The van der Waals surface area contributed by atoms with Crippen molar-refractivity contribution in [2.75, 3.05) is 30.0 Å². The maximum atomic E-state index is 13.2. The van der Waals surface area contributed by atoms with Gasteiger partial charge in [0.1, 0.15) is 17.7 Å². The Hall–Kier alpha value is -4.52. The SMILES string of the molecule is CC(=O)Nc1ccc(S(=O)(=O)N2CCCC(C(=O)OCN3C(=O)C(=C(C#N)C#N)c4ccccc43)C2)cc1. The first-order valence-corrected chi connectivity index (χ1v) is 13.1. The van der Waals surface area contributed by atoms with Gasteiger partial charge in [-0.3, -0.25) is 19.3 Å². The fraction of sp³-hybridized carbons (Fsp3) is 0.269. The van der Waals surface area contributed by atoms with Gasteiger partial charge in [0.15, 0.2) is 6.73 Å². The number of carbonyl (C=O) groups excluding carboxylic acids is 3. The highest BCUT2D eigenvalue weighted by Crippen LogP contribution is 2.38. The molecule has 4 rings (SSSR count). The molecule has 38 heavy (non-hydrogen) atoms. The van der Waals surface area contributed by atoms with Crippen molar-refractivity contribution in [2.45, 2.75) is 24.7 Å². The van der Waals surface area contributed by atoms with Gasteiger partial charge in [0.2, 0.25) is 15.9 Å². The summed E-state index contributed by atoms with van der Waals surface area (Å²) in [6.07, 6.45) is 0.851. The number of nitrogens with one attached hydrogen (secondary N) is 1. The number of rotatable bonds is 6. The third-order valence-electron chi connectivity index (χ3n) is 6.26. The van der Waals surface area contributed by atoms with E-state index >= 15 is 0 Å². The van der Waals surface area contributed by atoms with Crippen LogP contribution in [0.25, 0.3) is 5.57 Å². The minimum Gasteiger partial charge on any atom is -0.444 e. The van der Waals surface area contributed by atoms with Gasteiger partial charge in [-0.25, -0.2) is 8.42 Å². The summed E-state index contributed by atoms with van der Waals surface area (Å²) in [5.74, 6) is -2.31.